The first-order valence-electron chi connectivity index (χ1n) is 9.81. The van der Waals surface area contributed by atoms with Crippen LogP contribution >= 0.6 is 0 Å². The van der Waals surface area contributed by atoms with Crippen molar-refractivity contribution in [1.29, 1.82) is 0 Å². The van der Waals surface area contributed by atoms with Gasteiger partial charge in [-0.15, -0.1) is 0 Å². The summed E-state index contributed by atoms with van der Waals surface area (Å²) in [5.41, 5.74) is 3.01. The third-order valence-electron chi connectivity index (χ3n) is 5.19. The fourth-order valence-electron chi connectivity index (χ4n) is 3.25. The number of urea groups is 1. The molecule has 1 heterocycles. The van der Waals surface area contributed by atoms with Crippen LogP contribution in [0.1, 0.15) is 31.9 Å². The molecule has 0 aromatic heterocycles. The molecule has 0 saturated carbocycles. The molecule has 3 rings (SSSR count). The second-order valence-electron chi connectivity index (χ2n) is 8.46. The zero-order chi connectivity index (χ0) is 21.2. The minimum absolute atomic E-state index is 0.0574. The Morgan fingerprint density at radius 2 is 1.45 bits per heavy atom. The molecule has 7 heteroatoms. The second-order valence-corrected chi connectivity index (χ2v) is 10.4. The Hall–Kier alpha value is -2.38. The van der Waals surface area contributed by atoms with Gasteiger partial charge < -0.3 is 10.2 Å². The Kier molecular flexibility index (Phi) is 6.00. The van der Waals surface area contributed by atoms with Crippen LogP contribution in [0, 0.1) is 6.92 Å². The average molecular weight is 416 g/mol. The zero-order valence-electron chi connectivity index (χ0n) is 17.5. The van der Waals surface area contributed by atoms with Crippen LogP contribution in [0.3, 0.4) is 0 Å². The maximum Gasteiger partial charge on any atom is 0.321 e. The number of aryl methyl sites for hydroxylation is 1. The van der Waals surface area contributed by atoms with Gasteiger partial charge in [-0.05, 0) is 42.2 Å². The molecular formula is C22H29N3O3S. The molecule has 2 aromatic carbocycles. The maximum absolute atomic E-state index is 12.8. The predicted molar refractivity (Wildman–Crippen MR) is 116 cm³/mol. The molecule has 0 spiro atoms. The molecule has 1 aliphatic heterocycles. The quantitative estimate of drug-likeness (QED) is 0.828. The van der Waals surface area contributed by atoms with Crippen molar-refractivity contribution in [3.8, 4) is 0 Å². The fourth-order valence-corrected chi connectivity index (χ4v) is 4.67. The number of carbonyl (C=O) groups excluding carboxylic acids is 1. The van der Waals surface area contributed by atoms with Crippen LogP contribution in [0.5, 0.6) is 0 Å². The van der Waals surface area contributed by atoms with Gasteiger partial charge in [0.1, 0.15) is 0 Å². The summed E-state index contributed by atoms with van der Waals surface area (Å²) >= 11 is 0. The number of nitrogens with zero attached hydrogens (tertiary/aromatic N) is 2. The molecule has 2 aromatic rings. The smallest absolute Gasteiger partial charge is 0.321 e. The van der Waals surface area contributed by atoms with Crippen molar-refractivity contribution in [3.63, 3.8) is 0 Å². The molecule has 29 heavy (non-hydrogen) atoms. The van der Waals surface area contributed by atoms with Gasteiger partial charge in [-0.2, -0.15) is 4.31 Å². The third kappa shape index (κ3) is 4.97. The van der Waals surface area contributed by atoms with Crippen molar-refractivity contribution in [2.24, 2.45) is 0 Å². The molecule has 1 N–H and O–H groups in total. The van der Waals surface area contributed by atoms with E-state index in [1.54, 1.807) is 29.2 Å². The van der Waals surface area contributed by atoms with Gasteiger partial charge >= 0.3 is 6.03 Å². The van der Waals surface area contributed by atoms with E-state index in [4.69, 9.17) is 0 Å². The predicted octanol–water partition coefficient (Wildman–Crippen LogP) is 3.83. The minimum Gasteiger partial charge on any atom is -0.322 e. The normalized spacial score (nSPS) is 15.9. The third-order valence-corrected chi connectivity index (χ3v) is 7.10. The highest BCUT2D eigenvalue weighted by molar-refractivity contribution is 7.89. The number of hydrogen-bond acceptors (Lipinski definition) is 3. The summed E-state index contributed by atoms with van der Waals surface area (Å²) in [4.78, 5) is 14.5. The standard InChI is InChI=1S/C22H29N3O3S/c1-17-5-11-20(12-6-17)29(27,28)25-15-13-24(14-16-25)21(26)23-19-9-7-18(8-10-19)22(2,3)4/h5-12H,13-16H2,1-4H3,(H,23,26). The maximum atomic E-state index is 12.8. The lowest BCUT2D eigenvalue weighted by Crippen LogP contribution is -2.51. The fraction of sp³-hybridized carbons (Fsp3) is 0.409. The van der Waals surface area contributed by atoms with Crippen LogP contribution in [0.4, 0.5) is 10.5 Å². The van der Waals surface area contributed by atoms with E-state index < -0.39 is 10.0 Å². The van der Waals surface area contributed by atoms with E-state index in [0.29, 0.717) is 18.0 Å². The van der Waals surface area contributed by atoms with E-state index in [2.05, 4.69) is 26.1 Å². The molecule has 0 unspecified atom stereocenters. The lowest BCUT2D eigenvalue weighted by molar-refractivity contribution is 0.184. The number of rotatable bonds is 3. The highest BCUT2D eigenvalue weighted by Gasteiger charge is 2.30. The van der Waals surface area contributed by atoms with E-state index in [0.717, 1.165) is 11.3 Å². The highest BCUT2D eigenvalue weighted by Crippen LogP contribution is 2.24. The first-order chi connectivity index (χ1) is 13.6. The van der Waals surface area contributed by atoms with E-state index in [1.807, 2.05) is 31.2 Å². The van der Waals surface area contributed by atoms with E-state index in [-0.39, 0.29) is 24.5 Å². The lowest BCUT2D eigenvalue weighted by atomic mass is 9.87. The van der Waals surface area contributed by atoms with Crippen molar-refractivity contribution in [1.82, 2.24) is 9.21 Å². The first kappa shape index (κ1) is 21.3. The van der Waals surface area contributed by atoms with Gasteiger partial charge in [-0.1, -0.05) is 50.6 Å². The summed E-state index contributed by atoms with van der Waals surface area (Å²) < 4.78 is 27.0. The molecule has 1 aliphatic rings. The van der Waals surface area contributed by atoms with Crippen LogP contribution in [0.15, 0.2) is 53.4 Å². The summed E-state index contributed by atoms with van der Waals surface area (Å²) in [5.74, 6) is 0. The van der Waals surface area contributed by atoms with Crippen LogP contribution in [0.25, 0.3) is 0 Å². The largest absolute Gasteiger partial charge is 0.322 e. The van der Waals surface area contributed by atoms with E-state index >= 15 is 0 Å². The number of piperazine rings is 1. The lowest BCUT2D eigenvalue weighted by Gasteiger charge is -2.34. The van der Waals surface area contributed by atoms with Gasteiger partial charge in [-0.3, -0.25) is 0 Å². The Labute approximate surface area is 173 Å². The summed E-state index contributed by atoms with van der Waals surface area (Å²) in [7, 11) is -3.53. The van der Waals surface area contributed by atoms with Gasteiger partial charge in [-0.25, -0.2) is 13.2 Å². The molecule has 1 saturated heterocycles. The highest BCUT2D eigenvalue weighted by atomic mass is 32.2. The van der Waals surface area contributed by atoms with Crippen LogP contribution < -0.4 is 5.32 Å². The number of amides is 2. The molecule has 0 bridgehead atoms. The monoisotopic (exact) mass is 415 g/mol. The molecule has 0 radical (unpaired) electrons. The molecule has 1 fully saturated rings. The first-order valence-corrected chi connectivity index (χ1v) is 11.2. The number of carbonyl (C=O) groups is 1. The van der Waals surface area contributed by atoms with Gasteiger partial charge in [0.25, 0.3) is 0 Å². The van der Waals surface area contributed by atoms with Crippen molar-refractivity contribution >= 4 is 21.7 Å². The summed E-state index contributed by atoms with van der Waals surface area (Å²) in [6.07, 6.45) is 0. The number of anilines is 1. The molecule has 0 aliphatic carbocycles. The number of benzene rings is 2. The van der Waals surface area contributed by atoms with Gasteiger partial charge in [0, 0.05) is 31.9 Å². The molecule has 0 atom stereocenters. The second kappa shape index (κ2) is 8.16. The van der Waals surface area contributed by atoms with Crippen LogP contribution in [0.2, 0.25) is 0 Å². The van der Waals surface area contributed by atoms with Crippen LogP contribution in [-0.4, -0.2) is 49.8 Å². The van der Waals surface area contributed by atoms with Crippen molar-refractivity contribution in [2.75, 3.05) is 31.5 Å². The van der Waals surface area contributed by atoms with E-state index in [9.17, 15) is 13.2 Å². The number of hydrogen-bond donors (Lipinski definition) is 1. The molecular weight excluding hydrogens is 386 g/mol. The summed E-state index contributed by atoms with van der Waals surface area (Å²) in [6.45, 7) is 9.64. The Morgan fingerprint density at radius 3 is 1.97 bits per heavy atom. The SMILES string of the molecule is Cc1ccc(S(=O)(=O)N2CCN(C(=O)Nc3ccc(C(C)(C)C)cc3)CC2)cc1. The molecule has 6 nitrogen and oxygen atoms in total. The van der Waals surface area contributed by atoms with Gasteiger partial charge in [0.2, 0.25) is 10.0 Å². The van der Waals surface area contributed by atoms with E-state index in [1.165, 1.54) is 9.87 Å². The number of sulfonamides is 1. The topological polar surface area (TPSA) is 69.7 Å². The Bertz CT molecular complexity index is 954. The Morgan fingerprint density at radius 1 is 0.897 bits per heavy atom. The Balaban J connectivity index is 1.59. The van der Waals surface area contributed by atoms with Gasteiger partial charge in [0.15, 0.2) is 0 Å². The molecule has 156 valence electrons. The molecule has 2 amide bonds. The van der Waals surface area contributed by atoms with Gasteiger partial charge in [0.05, 0.1) is 4.90 Å². The van der Waals surface area contributed by atoms with Crippen LogP contribution in [-0.2, 0) is 15.4 Å². The summed E-state index contributed by atoms with van der Waals surface area (Å²) in [6, 6.07) is 14.5. The summed E-state index contributed by atoms with van der Waals surface area (Å²) in [5, 5.41) is 2.90. The number of nitrogens with one attached hydrogen (secondary N) is 1. The van der Waals surface area contributed by atoms with Crippen molar-refractivity contribution in [3.05, 3.63) is 59.7 Å². The van der Waals surface area contributed by atoms with Crippen molar-refractivity contribution < 1.29 is 13.2 Å². The average Bonchev–Trinajstić information content (AvgIpc) is 2.68. The minimum atomic E-state index is -3.53. The zero-order valence-corrected chi connectivity index (χ0v) is 18.3. The van der Waals surface area contributed by atoms with Crippen molar-refractivity contribution in [2.45, 2.75) is 38.0 Å².